The van der Waals surface area contributed by atoms with Gasteiger partial charge >= 0.3 is 5.97 Å². The molecule has 2 heterocycles. The van der Waals surface area contributed by atoms with Gasteiger partial charge in [-0.3, -0.25) is 4.79 Å². The first-order chi connectivity index (χ1) is 7.22. The largest absolute Gasteiger partial charge is 0.465 e. The molecule has 0 amide bonds. The Balaban J connectivity index is 2.10. The number of rotatable bonds is 3. The highest BCUT2D eigenvalue weighted by atomic mass is 16.5. The maximum Gasteiger partial charge on any atom is 0.309 e. The van der Waals surface area contributed by atoms with Crippen molar-refractivity contribution in [1.82, 2.24) is 9.55 Å². The summed E-state index contributed by atoms with van der Waals surface area (Å²) in [5.74, 6) is 0.334. The monoisotopic (exact) mass is 208 g/mol. The third kappa shape index (κ3) is 1.89. The van der Waals surface area contributed by atoms with Crippen LogP contribution in [0, 0.1) is 11.8 Å². The van der Waals surface area contributed by atoms with Gasteiger partial charge in [-0.1, -0.05) is 6.92 Å². The molecule has 2 rings (SSSR count). The molecule has 1 aliphatic heterocycles. The first kappa shape index (κ1) is 10.2. The van der Waals surface area contributed by atoms with Crippen LogP contribution in [0.2, 0.25) is 0 Å². The van der Waals surface area contributed by atoms with E-state index in [1.807, 2.05) is 17.8 Å². The Morgan fingerprint density at radius 3 is 3.07 bits per heavy atom. The quantitative estimate of drug-likeness (QED) is 0.700. The topological polar surface area (TPSA) is 44.1 Å². The summed E-state index contributed by atoms with van der Waals surface area (Å²) in [5.41, 5.74) is 1.09. The fourth-order valence-electron chi connectivity index (χ4n) is 2.06. The van der Waals surface area contributed by atoms with Crippen LogP contribution in [0.15, 0.2) is 12.5 Å². The fraction of sp³-hybridized carbons (Fsp3) is 0.636. The molecule has 0 aromatic carbocycles. The average molecular weight is 208 g/mol. The van der Waals surface area contributed by atoms with E-state index < -0.39 is 0 Å². The van der Waals surface area contributed by atoms with Gasteiger partial charge in [0.1, 0.15) is 0 Å². The summed E-state index contributed by atoms with van der Waals surface area (Å²) in [7, 11) is 1.95. The second-order valence-corrected chi connectivity index (χ2v) is 4.10. The van der Waals surface area contributed by atoms with Crippen LogP contribution < -0.4 is 0 Å². The Kier molecular flexibility index (Phi) is 2.75. The first-order valence-electron chi connectivity index (χ1n) is 5.34. The smallest absolute Gasteiger partial charge is 0.309 e. The van der Waals surface area contributed by atoms with Crippen molar-refractivity contribution in [2.24, 2.45) is 18.9 Å². The summed E-state index contributed by atoms with van der Waals surface area (Å²) in [6, 6.07) is 0. The van der Waals surface area contributed by atoms with E-state index in [2.05, 4.69) is 11.9 Å². The number of carbonyl (C=O) groups is 1. The molecule has 0 saturated carbocycles. The number of imidazole rings is 1. The van der Waals surface area contributed by atoms with Crippen LogP contribution in [0.3, 0.4) is 0 Å². The average Bonchev–Trinajstić information content (AvgIpc) is 2.77. The van der Waals surface area contributed by atoms with E-state index in [0.29, 0.717) is 12.5 Å². The molecular weight excluding hydrogens is 192 g/mol. The van der Waals surface area contributed by atoms with Crippen molar-refractivity contribution < 1.29 is 9.53 Å². The molecule has 0 spiro atoms. The lowest BCUT2D eigenvalue weighted by atomic mass is 9.89. The second kappa shape index (κ2) is 4.04. The molecule has 15 heavy (non-hydrogen) atoms. The summed E-state index contributed by atoms with van der Waals surface area (Å²) in [4.78, 5) is 15.6. The van der Waals surface area contributed by atoms with Gasteiger partial charge in [0, 0.05) is 31.3 Å². The molecule has 1 saturated heterocycles. The van der Waals surface area contributed by atoms with Crippen LogP contribution in [-0.2, 0) is 23.0 Å². The van der Waals surface area contributed by atoms with Crippen molar-refractivity contribution in [1.29, 1.82) is 0 Å². The van der Waals surface area contributed by atoms with Crippen LogP contribution >= 0.6 is 0 Å². The third-order valence-electron chi connectivity index (χ3n) is 3.18. The van der Waals surface area contributed by atoms with Gasteiger partial charge in [0.05, 0.1) is 18.9 Å². The SMILES string of the molecule is CCC1COC(=O)C1Cc1cncn1C. The van der Waals surface area contributed by atoms with E-state index in [-0.39, 0.29) is 11.9 Å². The van der Waals surface area contributed by atoms with Crippen molar-refractivity contribution >= 4 is 5.97 Å². The van der Waals surface area contributed by atoms with Gasteiger partial charge < -0.3 is 9.30 Å². The zero-order chi connectivity index (χ0) is 10.8. The zero-order valence-corrected chi connectivity index (χ0v) is 9.14. The Hall–Kier alpha value is -1.32. The summed E-state index contributed by atoms with van der Waals surface area (Å²) in [6.45, 7) is 2.68. The minimum absolute atomic E-state index is 0.0189. The van der Waals surface area contributed by atoms with Crippen molar-refractivity contribution in [2.75, 3.05) is 6.61 Å². The van der Waals surface area contributed by atoms with Crippen molar-refractivity contribution in [2.45, 2.75) is 19.8 Å². The molecule has 0 radical (unpaired) electrons. The fourth-order valence-corrected chi connectivity index (χ4v) is 2.06. The Morgan fingerprint density at radius 1 is 1.67 bits per heavy atom. The highest BCUT2D eigenvalue weighted by Gasteiger charge is 2.35. The van der Waals surface area contributed by atoms with E-state index in [1.165, 1.54) is 0 Å². The van der Waals surface area contributed by atoms with Gasteiger partial charge in [-0.15, -0.1) is 0 Å². The maximum atomic E-state index is 11.5. The lowest BCUT2D eigenvalue weighted by Gasteiger charge is -2.12. The molecule has 2 atom stereocenters. The standard InChI is InChI=1S/C11H16N2O2/c1-3-8-6-15-11(14)10(8)4-9-5-12-7-13(9)2/h5,7-8,10H,3-4,6H2,1-2H3. The maximum absolute atomic E-state index is 11.5. The lowest BCUT2D eigenvalue weighted by Crippen LogP contribution is -2.19. The first-order valence-corrected chi connectivity index (χ1v) is 5.34. The number of aryl methyl sites for hydroxylation is 1. The second-order valence-electron chi connectivity index (χ2n) is 4.10. The van der Waals surface area contributed by atoms with Gasteiger partial charge in [0.25, 0.3) is 0 Å². The van der Waals surface area contributed by atoms with Crippen molar-refractivity contribution in [3.8, 4) is 0 Å². The Morgan fingerprint density at radius 2 is 2.47 bits per heavy atom. The van der Waals surface area contributed by atoms with E-state index in [4.69, 9.17) is 4.74 Å². The van der Waals surface area contributed by atoms with Crippen molar-refractivity contribution in [3.05, 3.63) is 18.2 Å². The molecule has 4 heteroatoms. The predicted molar refractivity (Wildman–Crippen MR) is 55.1 cm³/mol. The minimum atomic E-state index is -0.0527. The van der Waals surface area contributed by atoms with Gasteiger partial charge in [-0.25, -0.2) is 4.98 Å². The number of esters is 1. The summed E-state index contributed by atoms with van der Waals surface area (Å²) < 4.78 is 7.05. The van der Waals surface area contributed by atoms with Crippen molar-refractivity contribution in [3.63, 3.8) is 0 Å². The van der Waals surface area contributed by atoms with E-state index in [9.17, 15) is 4.79 Å². The third-order valence-corrected chi connectivity index (χ3v) is 3.18. The number of hydrogen-bond acceptors (Lipinski definition) is 3. The van der Waals surface area contributed by atoms with E-state index in [0.717, 1.165) is 18.5 Å². The summed E-state index contributed by atoms with van der Waals surface area (Å²) in [5, 5.41) is 0. The van der Waals surface area contributed by atoms with E-state index >= 15 is 0 Å². The summed E-state index contributed by atoms with van der Waals surface area (Å²) >= 11 is 0. The number of carbonyl (C=O) groups excluding carboxylic acids is 1. The molecule has 0 bridgehead atoms. The van der Waals surface area contributed by atoms with Gasteiger partial charge in [0.2, 0.25) is 0 Å². The molecule has 4 nitrogen and oxygen atoms in total. The normalized spacial score (nSPS) is 25.6. The van der Waals surface area contributed by atoms with Gasteiger partial charge in [0.15, 0.2) is 0 Å². The molecule has 1 fully saturated rings. The van der Waals surface area contributed by atoms with Crippen LogP contribution in [-0.4, -0.2) is 22.1 Å². The predicted octanol–water partition coefficient (Wildman–Crippen LogP) is 1.16. The highest BCUT2D eigenvalue weighted by Crippen LogP contribution is 2.27. The summed E-state index contributed by atoms with van der Waals surface area (Å²) in [6.07, 6.45) is 5.32. The molecule has 82 valence electrons. The van der Waals surface area contributed by atoms with Crippen LogP contribution in [0.25, 0.3) is 0 Å². The molecule has 1 aromatic rings. The molecule has 2 unspecified atom stereocenters. The Labute approximate surface area is 89.3 Å². The van der Waals surface area contributed by atoms with Crippen LogP contribution in [0.1, 0.15) is 19.0 Å². The molecular formula is C11H16N2O2. The van der Waals surface area contributed by atoms with Gasteiger partial charge in [-0.2, -0.15) is 0 Å². The number of hydrogen-bond donors (Lipinski definition) is 0. The van der Waals surface area contributed by atoms with Crippen LogP contribution in [0.5, 0.6) is 0 Å². The number of ether oxygens (including phenoxy) is 1. The lowest BCUT2D eigenvalue weighted by molar-refractivity contribution is -0.141. The van der Waals surface area contributed by atoms with Gasteiger partial charge in [-0.05, 0) is 6.42 Å². The molecule has 0 aliphatic carbocycles. The molecule has 1 aliphatic rings. The zero-order valence-electron chi connectivity index (χ0n) is 9.14. The molecule has 0 N–H and O–H groups in total. The van der Waals surface area contributed by atoms with E-state index in [1.54, 1.807) is 6.33 Å². The molecule has 1 aromatic heterocycles. The number of nitrogens with zero attached hydrogens (tertiary/aromatic N) is 2. The van der Waals surface area contributed by atoms with Crippen LogP contribution in [0.4, 0.5) is 0 Å². The highest BCUT2D eigenvalue weighted by molar-refractivity contribution is 5.75. The Bertz CT molecular complexity index is 359. The number of cyclic esters (lactones) is 1. The number of aromatic nitrogens is 2. The minimum Gasteiger partial charge on any atom is -0.465 e.